The number of nitrogens with zero attached hydrogens (tertiary/aromatic N) is 2. The zero-order valence-electron chi connectivity index (χ0n) is 10.4. The zero-order valence-corrected chi connectivity index (χ0v) is 10.4. The van der Waals surface area contributed by atoms with Crippen LogP contribution in [-0.4, -0.2) is 61.0 Å². The predicted molar refractivity (Wildman–Crippen MR) is 65.0 cm³/mol. The molecule has 0 aliphatic carbocycles. The summed E-state index contributed by atoms with van der Waals surface area (Å²) in [6.45, 7) is 7.17. The molecule has 5 heteroatoms. The van der Waals surface area contributed by atoms with Crippen LogP contribution >= 0.6 is 0 Å². The van der Waals surface area contributed by atoms with Crippen molar-refractivity contribution >= 4 is 5.91 Å². The molecule has 1 amide bonds. The molecule has 1 aliphatic heterocycles. The molecule has 1 fully saturated rings. The van der Waals surface area contributed by atoms with Gasteiger partial charge in [-0.3, -0.25) is 4.79 Å². The van der Waals surface area contributed by atoms with Gasteiger partial charge in [0.05, 0.1) is 5.54 Å². The Kier molecular flexibility index (Phi) is 4.70. The van der Waals surface area contributed by atoms with E-state index in [2.05, 4.69) is 16.8 Å². The zero-order chi connectivity index (χ0) is 12.2. The summed E-state index contributed by atoms with van der Waals surface area (Å²) in [7, 11) is 2.14. The van der Waals surface area contributed by atoms with Gasteiger partial charge in [-0.05, 0) is 33.4 Å². The number of amides is 1. The van der Waals surface area contributed by atoms with E-state index in [1.165, 1.54) is 0 Å². The van der Waals surface area contributed by atoms with E-state index in [4.69, 9.17) is 11.5 Å². The molecule has 1 saturated heterocycles. The molecule has 0 bridgehead atoms. The monoisotopic (exact) mass is 228 g/mol. The van der Waals surface area contributed by atoms with Gasteiger partial charge >= 0.3 is 0 Å². The van der Waals surface area contributed by atoms with E-state index in [-0.39, 0.29) is 0 Å². The van der Waals surface area contributed by atoms with E-state index in [9.17, 15) is 4.79 Å². The van der Waals surface area contributed by atoms with Crippen LogP contribution in [0, 0.1) is 0 Å². The molecule has 1 heterocycles. The molecule has 0 radical (unpaired) electrons. The molecule has 1 unspecified atom stereocenters. The third-order valence-electron chi connectivity index (χ3n) is 3.33. The van der Waals surface area contributed by atoms with Crippen LogP contribution in [0.2, 0.25) is 0 Å². The first-order chi connectivity index (χ1) is 7.42. The summed E-state index contributed by atoms with van der Waals surface area (Å²) in [5.41, 5.74) is 10.2. The molecule has 1 aliphatic rings. The number of hydrogen-bond acceptors (Lipinski definition) is 4. The highest BCUT2D eigenvalue weighted by molar-refractivity contribution is 5.83. The topological polar surface area (TPSA) is 75.6 Å². The molecule has 16 heavy (non-hydrogen) atoms. The van der Waals surface area contributed by atoms with Gasteiger partial charge in [-0.2, -0.15) is 0 Å². The van der Waals surface area contributed by atoms with Crippen molar-refractivity contribution in [3.05, 3.63) is 0 Å². The molecule has 94 valence electrons. The predicted octanol–water partition coefficient (Wildman–Crippen LogP) is -0.783. The van der Waals surface area contributed by atoms with Crippen LogP contribution in [-0.2, 0) is 4.79 Å². The standard InChI is InChI=1S/C11H24N4O/c1-11(13,10(12)16)4-3-5-15-8-6-14(2)7-9-15/h3-9,13H2,1-2H3,(H2,12,16). The van der Waals surface area contributed by atoms with Crippen molar-refractivity contribution in [1.29, 1.82) is 0 Å². The molecular weight excluding hydrogens is 204 g/mol. The Bertz CT molecular complexity index is 234. The maximum absolute atomic E-state index is 11.0. The van der Waals surface area contributed by atoms with Crippen molar-refractivity contribution in [3.63, 3.8) is 0 Å². The van der Waals surface area contributed by atoms with E-state index < -0.39 is 11.4 Å². The Morgan fingerprint density at radius 2 is 1.88 bits per heavy atom. The Morgan fingerprint density at radius 3 is 2.38 bits per heavy atom. The Hall–Kier alpha value is -0.650. The number of nitrogens with two attached hydrogens (primary N) is 2. The fourth-order valence-corrected chi connectivity index (χ4v) is 1.86. The molecule has 4 N–H and O–H groups in total. The van der Waals surface area contributed by atoms with Crippen LogP contribution in [0.5, 0.6) is 0 Å². The van der Waals surface area contributed by atoms with Gasteiger partial charge in [-0.15, -0.1) is 0 Å². The van der Waals surface area contributed by atoms with Crippen LogP contribution < -0.4 is 11.5 Å². The number of primary amides is 1. The van der Waals surface area contributed by atoms with Gasteiger partial charge in [0.2, 0.25) is 5.91 Å². The third kappa shape index (κ3) is 4.08. The van der Waals surface area contributed by atoms with Crippen LogP contribution in [0.1, 0.15) is 19.8 Å². The number of carbonyl (C=O) groups is 1. The Balaban J connectivity index is 2.18. The lowest BCUT2D eigenvalue weighted by Crippen LogP contribution is -2.50. The van der Waals surface area contributed by atoms with Crippen LogP contribution in [0.15, 0.2) is 0 Å². The summed E-state index contributed by atoms with van der Waals surface area (Å²) in [5.74, 6) is -0.411. The number of rotatable bonds is 5. The van der Waals surface area contributed by atoms with Crippen molar-refractivity contribution in [1.82, 2.24) is 9.80 Å². The number of hydrogen-bond donors (Lipinski definition) is 2. The molecule has 0 aromatic rings. The maximum atomic E-state index is 11.0. The minimum absolute atomic E-state index is 0.411. The summed E-state index contributed by atoms with van der Waals surface area (Å²) in [6, 6.07) is 0. The number of piperazine rings is 1. The fourth-order valence-electron chi connectivity index (χ4n) is 1.86. The van der Waals surface area contributed by atoms with Crippen molar-refractivity contribution < 1.29 is 4.79 Å². The number of likely N-dealkylation sites (N-methyl/N-ethyl adjacent to an activating group) is 1. The summed E-state index contributed by atoms with van der Waals surface area (Å²) >= 11 is 0. The minimum Gasteiger partial charge on any atom is -0.368 e. The molecule has 0 aromatic carbocycles. The lowest BCUT2D eigenvalue weighted by molar-refractivity contribution is -0.122. The second-order valence-corrected chi connectivity index (χ2v) is 5.03. The first kappa shape index (κ1) is 13.4. The SMILES string of the molecule is CN1CCN(CCCC(C)(N)C(N)=O)CC1. The van der Waals surface area contributed by atoms with Gasteiger partial charge in [0.25, 0.3) is 0 Å². The highest BCUT2D eigenvalue weighted by atomic mass is 16.1. The van der Waals surface area contributed by atoms with Gasteiger partial charge in [0, 0.05) is 26.2 Å². The van der Waals surface area contributed by atoms with Crippen LogP contribution in [0.4, 0.5) is 0 Å². The average molecular weight is 228 g/mol. The smallest absolute Gasteiger partial charge is 0.237 e. The minimum atomic E-state index is -0.855. The summed E-state index contributed by atoms with van der Waals surface area (Å²) in [5, 5.41) is 0. The van der Waals surface area contributed by atoms with Crippen molar-refractivity contribution in [3.8, 4) is 0 Å². The van der Waals surface area contributed by atoms with Gasteiger partial charge < -0.3 is 21.3 Å². The normalized spacial score (nSPS) is 22.9. The van der Waals surface area contributed by atoms with E-state index in [1.54, 1.807) is 6.92 Å². The van der Waals surface area contributed by atoms with Gasteiger partial charge in [-0.1, -0.05) is 0 Å². The highest BCUT2D eigenvalue weighted by Crippen LogP contribution is 2.09. The molecule has 0 saturated carbocycles. The maximum Gasteiger partial charge on any atom is 0.237 e. The summed E-state index contributed by atoms with van der Waals surface area (Å²) < 4.78 is 0. The lowest BCUT2D eigenvalue weighted by Gasteiger charge is -2.33. The first-order valence-corrected chi connectivity index (χ1v) is 5.91. The fraction of sp³-hybridized carbons (Fsp3) is 0.909. The van der Waals surface area contributed by atoms with E-state index >= 15 is 0 Å². The van der Waals surface area contributed by atoms with Crippen LogP contribution in [0.3, 0.4) is 0 Å². The van der Waals surface area contributed by atoms with Gasteiger partial charge in [0.1, 0.15) is 0 Å². The molecule has 5 nitrogen and oxygen atoms in total. The molecule has 0 spiro atoms. The molecule has 0 aromatic heterocycles. The summed E-state index contributed by atoms with van der Waals surface area (Å²) in [4.78, 5) is 15.8. The van der Waals surface area contributed by atoms with Crippen molar-refractivity contribution in [2.24, 2.45) is 11.5 Å². The van der Waals surface area contributed by atoms with E-state index in [0.717, 1.165) is 39.1 Å². The average Bonchev–Trinajstić information content (AvgIpc) is 2.20. The van der Waals surface area contributed by atoms with Gasteiger partial charge in [0.15, 0.2) is 0 Å². The molecule has 1 rings (SSSR count). The summed E-state index contributed by atoms with van der Waals surface area (Å²) in [6.07, 6.45) is 1.59. The Labute approximate surface area is 97.7 Å². The van der Waals surface area contributed by atoms with Gasteiger partial charge in [-0.25, -0.2) is 0 Å². The second-order valence-electron chi connectivity index (χ2n) is 5.03. The first-order valence-electron chi connectivity index (χ1n) is 5.91. The quantitative estimate of drug-likeness (QED) is 0.647. The molecule has 1 atom stereocenters. The second kappa shape index (κ2) is 5.61. The largest absolute Gasteiger partial charge is 0.368 e. The van der Waals surface area contributed by atoms with Crippen molar-refractivity contribution in [2.75, 3.05) is 39.8 Å². The highest BCUT2D eigenvalue weighted by Gasteiger charge is 2.25. The Morgan fingerprint density at radius 1 is 1.31 bits per heavy atom. The molecular formula is C11H24N4O. The number of carbonyl (C=O) groups excluding carboxylic acids is 1. The van der Waals surface area contributed by atoms with Crippen molar-refractivity contribution in [2.45, 2.75) is 25.3 Å². The van der Waals surface area contributed by atoms with E-state index in [1.807, 2.05) is 0 Å². The lowest BCUT2D eigenvalue weighted by atomic mass is 9.96. The third-order valence-corrected chi connectivity index (χ3v) is 3.33. The van der Waals surface area contributed by atoms with Crippen LogP contribution in [0.25, 0.3) is 0 Å². The van der Waals surface area contributed by atoms with E-state index in [0.29, 0.717) is 6.42 Å².